The normalized spacial score (nSPS) is 10.7. The molecule has 0 atom stereocenters. The topological polar surface area (TPSA) is 35.0 Å². The van der Waals surface area contributed by atoms with Gasteiger partial charge < -0.3 is 4.74 Å². The lowest BCUT2D eigenvalue weighted by Crippen LogP contribution is -2.08. The third-order valence-corrected chi connectivity index (χ3v) is 2.07. The molecule has 78 valence electrons. The first-order valence-electron chi connectivity index (χ1n) is 4.64. The van der Waals surface area contributed by atoms with Gasteiger partial charge in [-0.1, -0.05) is 25.4 Å². The Hall–Kier alpha value is -0.830. The summed E-state index contributed by atoms with van der Waals surface area (Å²) in [5.41, 5.74) is 0.804. The number of hydrogen-bond acceptors (Lipinski definition) is 3. The zero-order valence-corrected chi connectivity index (χ0v) is 9.72. The zero-order chi connectivity index (χ0) is 10.7. The summed E-state index contributed by atoms with van der Waals surface area (Å²) in [5.74, 6) is 1.71. The molecule has 0 aliphatic carbocycles. The monoisotopic (exact) mass is 214 g/mol. The van der Waals surface area contributed by atoms with E-state index in [1.54, 1.807) is 6.92 Å². The van der Waals surface area contributed by atoms with Crippen molar-refractivity contribution in [3.05, 3.63) is 16.5 Å². The molecule has 0 spiro atoms. The summed E-state index contributed by atoms with van der Waals surface area (Å²) in [6.45, 7) is 8.48. The SMILES string of the molecule is Cc1nc(Cl)c(C)c(OCC(C)C)n1. The predicted octanol–water partition coefficient (Wildman–Crippen LogP) is 2.78. The van der Waals surface area contributed by atoms with Gasteiger partial charge in [-0.05, 0) is 19.8 Å². The van der Waals surface area contributed by atoms with Gasteiger partial charge in [-0.25, -0.2) is 4.98 Å². The maximum Gasteiger partial charge on any atom is 0.221 e. The molecule has 0 fully saturated rings. The quantitative estimate of drug-likeness (QED) is 0.726. The molecular formula is C10H15ClN2O. The standard InChI is InChI=1S/C10H15ClN2O/c1-6(2)5-14-10-7(3)9(11)12-8(4)13-10/h6H,5H2,1-4H3. The molecule has 1 aromatic rings. The smallest absolute Gasteiger partial charge is 0.221 e. The van der Waals surface area contributed by atoms with Crippen LogP contribution in [0, 0.1) is 19.8 Å². The Balaban J connectivity index is 2.85. The third kappa shape index (κ3) is 2.84. The number of aryl methyl sites for hydroxylation is 1. The van der Waals surface area contributed by atoms with Crippen LogP contribution >= 0.6 is 11.6 Å². The molecular weight excluding hydrogens is 200 g/mol. The van der Waals surface area contributed by atoms with Crippen LogP contribution in [-0.4, -0.2) is 16.6 Å². The lowest BCUT2D eigenvalue weighted by atomic mass is 10.2. The van der Waals surface area contributed by atoms with Gasteiger partial charge in [-0.15, -0.1) is 0 Å². The molecule has 0 bridgehead atoms. The molecule has 0 saturated heterocycles. The first-order chi connectivity index (χ1) is 6.50. The minimum Gasteiger partial charge on any atom is -0.477 e. The Morgan fingerprint density at radius 3 is 2.50 bits per heavy atom. The minimum absolute atomic E-state index is 0.469. The summed E-state index contributed by atoms with van der Waals surface area (Å²) in [6, 6.07) is 0. The summed E-state index contributed by atoms with van der Waals surface area (Å²) in [4.78, 5) is 8.22. The fourth-order valence-electron chi connectivity index (χ4n) is 0.956. The Kier molecular flexibility index (Phi) is 3.69. The highest BCUT2D eigenvalue weighted by Crippen LogP contribution is 2.21. The molecule has 0 N–H and O–H groups in total. The van der Waals surface area contributed by atoms with Crippen molar-refractivity contribution in [3.63, 3.8) is 0 Å². The average Bonchev–Trinajstić information content (AvgIpc) is 2.08. The van der Waals surface area contributed by atoms with Crippen molar-refractivity contribution in [2.75, 3.05) is 6.61 Å². The van der Waals surface area contributed by atoms with Gasteiger partial charge in [0.25, 0.3) is 0 Å². The van der Waals surface area contributed by atoms with E-state index < -0.39 is 0 Å². The van der Waals surface area contributed by atoms with Crippen molar-refractivity contribution in [1.82, 2.24) is 9.97 Å². The molecule has 0 radical (unpaired) electrons. The zero-order valence-electron chi connectivity index (χ0n) is 8.97. The molecule has 1 aromatic heterocycles. The summed E-state index contributed by atoms with van der Waals surface area (Å²) in [7, 11) is 0. The second-order valence-corrected chi connectivity index (χ2v) is 4.05. The van der Waals surface area contributed by atoms with Crippen molar-refractivity contribution in [1.29, 1.82) is 0 Å². The number of ether oxygens (including phenoxy) is 1. The molecule has 14 heavy (non-hydrogen) atoms. The van der Waals surface area contributed by atoms with E-state index >= 15 is 0 Å². The van der Waals surface area contributed by atoms with Crippen LogP contribution in [0.15, 0.2) is 0 Å². The Morgan fingerprint density at radius 1 is 1.29 bits per heavy atom. The van der Waals surface area contributed by atoms with Crippen LogP contribution in [0.3, 0.4) is 0 Å². The van der Waals surface area contributed by atoms with E-state index in [4.69, 9.17) is 16.3 Å². The van der Waals surface area contributed by atoms with Crippen LogP contribution in [0.2, 0.25) is 5.15 Å². The van der Waals surface area contributed by atoms with Gasteiger partial charge in [0.05, 0.1) is 6.61 Å². The van der Waals surface area contributed by atoms with E-state index in [-0.39, 0.29) is 0 Å². The molecule has 0 amide bonds. The molecule has 0 unspecified atom stereocenters. The van der Waals surface area contributed by atoms with Gasteiger partial charge in [0.2, 0.25) is 5.88 Å². The maximum absolute atomic E-state index is 5.90. The van der Waals surface area contributed by atoms with Gasteiger partial charge in [0.15, 0.2) is 0 Å². The van der Waals surface area contributed by atoms with Crippen LogP contribution in [0.1, 0.15) is 25.2 Å². The molecule has 0 aliphatic heterocycles. The fourth-order valence-corrected chi connectivity index (χ4v) is 1.16. The fraction of sp³-hybridized carbons (Fsp3) is 0.600. The van der Waals surface area contributed by atoms with Crippen molar-refractivity contribution in [3.8, 4) is 5.88 Å². The van der Waals surface area contributed by atoms with Crippen molar-refractivity contribution in [2.24, 2.45) is 5.92 Å². The van der Waals surface area contributed by atoms with Crippen molar-refractivity contribution in [2.45, 2.75) is 27.7 Å². The maximum atomic E-state index is 5.90. The Bertz CT molecular complexity index is 326. The highest BCUT2D eigenvalue weighted by Gasteiger charge is 2.08. The number of hydrogen-bond donors (Lipinski definition) is 0. The molecule has 0 aromatic carbocycles. The van der Waals surface area contributed by atoms with E-state index in [0.29, 0.717) is 29.4 Å². The van der Waals surface area contributed by atoms with Crippen molar-refractivity contribution >= 4 is 11.6 Å². The molecule has 1 heterocycles. The van der Waals surface area contributed by atoms with E-state index in [2.05, 4.69) is 23.8 Å². The van der Waals surface area contributed by atoms with Crippen LogP contribution in [-0.2, 0) is 0 Å². The first-order valence-corrected chi connectivity index (χ1v) is 5.02. The average molecular weight is 215 g/mol. The summed E-state index contributed by atoms with van der Waals surface area (Å²) in [6.07, 6.45) is 0. The summed E-state index contributed by atoms with van der Waals surface area (Å²) < 4.78 is 5.52. The second kappa shape index (κ2) is 4.60. The lowest BCUT2D eigenvalue weighted by Gasteiger charge is -2.10. The Labute approximate surface area is 89.5 Å². The predicted molar refractivity (Wildman–Crippen MR) is 56.8 cm³/mol. The highest BCUT2D eigenvalue weighted by molar-refractivity contribution is 6.30. The van der Waals surface area contributed by atoms with E-state index in [1.165, 1.54) is 0 Å². The van der Waals surface area contributed by atoms with Gasteiger partial charge in [-0.2, -0.15) is 4.98 Å². The largest absolute Gasteiger partial charge is 0.477 e. The number of nitrogens with zero attached hydrogens (tertiary/aromatic N) is 2. The van der Waals surface area contributed by atoms with Crippen LogP contribution in [0.5, 0.6) is 5.88 Å². The molecule has 3 nitrogen and oxygen atoms in total. The van der Waals surface area contributed by atoms with E-state index in [0.717, 1.165) is 5.56 Å². The van der Waals surface area contributed by atoms with Gasteiger partial charge in [0, 0.05) is 5.56 Å². The summed E-state index contributed by atoms with van der Waals surface area (Å²) in [5, 5.41) is 0.469. The van der Waals surface area contributed by atoms with Crippen LogP contribution in [0.25, 0.3) is 0 Å². The Morgan fingerprint density at radius 2 is 1.93 bits per heavy atom. The number of aromatic nitrogens is 2. The number of halogens is 1. The van der Waals surface area contributed by atoms with Gasteiger partial charge >= 0.3 is 0 Å². The molecule has 0 saturated carbocycles. The van der Waals surface area contributed by atoms with Crippen LogP contribution < -0.4 is 4.74 Å². The summed E-state index contributed by atoms with van der Waals surface area (Å²) >= 11 is 5.90. The molecule has 1 rings (SSSR count). The van der Waals surface area contributed by atoms with Crippen LogP contribution in [0.4, 0.5) is 0 Å². The lowest BCUT2D eigenvalue weighted by molar-refractivity contribution is 0.258. The second-order valence-electron chi connectivity index (χ2n) is 3.70. The van der Waals surface area contributed by atoms with Gasteiger partial charge in [-0.3, -0.25) is 0 Å². The van der Waals surface area contributed by atoms with Gasteiger partial charge in [0.1, 0.15) is 11.0 Å². The number of rotatable bonds is 3. The van der Waals surface area contributed by atoms with E-state index in [1.807, 2.05) is 6.92 Å². The highest BCUT2D eigenvalue weighted by atomic mass is 35.5. The van der Waals surface area contributed by atoms with E-state index in [9.17, 15) is 0 Å². The molecule has 0 aliphatic rings. The minimum atomic E-state index is 0.469. The van der Waals surface area contributed by atoms with Crippen molar-refractivity contribution < 1.29 is 4.74 Å². The third-order valence-electron chi connectivity index (χ3n) is 1.71. The first kappa shape index (κ1) is 11.2. The molecule has 4 heteroatoms.